The largest absolute Gasteiger partial charge is 0.476 e. The summed E-state index contributed by atoms with van der Waals surface area (Å²) in [5, 5.41) is 11.8. The molecule has 3 aromatic carbocycles. The number of benzene rings is 3. The molecule has 5 nitrogen and oxygen atoms in total. The Labute approximate surface area is 202 Å². The minimum absolute atomic E-state index is 0.395. The molecule has 1 unspecified atom stereocenters. The third-order valence-electron chi connectivity index (χ3n) is 6.38. The highest BCUT2D eigenvalue weighted by Crippen LogP contribution is 2.59. The average molecular weight is 476 g/mol. The average Bonchev–Trinajstić information content (AvgIpc) is 3.48. The number of nitrogens with zero attached hydrogens (tertiary/aromatic N) is 1. The van der Waals surface area contributed by atoms with Gasteiger partial charge in [-0.25, -0.2) is 9.20 Å². The third kappa shape index (κ3) is 4.00. The molecular weight excluding hydrogens is 446 g/mol. The minimum atomic E-state index is -1.47. The first-order valence-electron chi connectivity index (χ1n) is 11.4. The van der Waals surface area contributed by atoms with Gasteiger partial charge >= 0.3 is 0 Å². The van der Waals surface area contributed by atoms with Gasteiger partial charge in [0.25, 0.3) is 0 Å². The number of epoxide rings is 1. The van der Waals surface area contributed by atoms with Gasteiger partial charge in [-0.15, -0.1) is 0 Å². The van der Waals surface area contributed by atoms with E-state index in [1.807, 2.05) is 94.4 Å². The van der Waals surface area contributed by atoms with Crippen molar-refractivity contribution < 1.29 is 18.8 Å². The molecule has 0 bridgehead atoms. The van der Waals surface area contributed by atoms with Gasteiger partial charge in [-0.2, -0.15) is 0 Å². The molecule has 4 atom stereocenters. The van der Waals surface area contributed by atoms with Crippen LogP contribution in [0.1, 0.15) is 48.3 Å². The molecule has 2 aliphatic heterocycles. The zero-order chi connectivity index (χ0) is 24.1. The molecule has 34 heavy (non-hydrogen) atoms. The van der Waals surface area contributed by atoms with Crippen molar-refractivity contribution in [3.63, 3.8) is 0 Å². The fraction of sp³-hybridized carbons (Fsp3) is 0.321. The Morgan fingerprint density at radius 1 is 0.971 bits per heavy atom. The van der Waals surface area contributed by atoms with Crippen LogP contribution in [0.4, 0.5) is 0 Å². The van der Waals surface area contributed by atoms with Gasteiger partial charge < -0.3 is 14.6 Å². The van der Waals surface area contributed by atoms with Crippen molar-refractivity contribution in [1.82, 2.24) is 0 Å². The molecule has 0 aromatic heterocycles. The molecule has 5 rings (SSSR count). The molecule has 0 aliphatic carbocycles. The fourth-order valence-corrected chi connectivity index (χ4v) is 5.62. The summed E-state index contributed by atoms with van der Waals surface area (Å²) in [4.78, 5) is 6.00. The lowest BCUT2D eigenvalue weighted by Gasteiger charge is -2.22. The molecule has 0 amide bonds. The standard InChI is InChI=1S/C28H29NO4S/c1-18-9-13-20(14-10-18)25-28(33-25,26-29-27(3,4)17-32-26)24(30)22-7-5-6-8-23(22)34(31)21-15-11-19(2)12-16-21/h5-16,24-25,30H,17H2,1-4H3/t24-,25-,28+,34?/m0/s1. The summed E-state index contributed by atoms with van der Waals surface area (Å²) in [5.41, 5.74) is 2.15. The topological polar surface area (TPSA) is 71.4 Å². The zero-order valence-electron chi connectivity index (χ0n) is 19.8. The highest BCUT2D eigenvalue weighted by molar-refractivity contribution is 7.85. The van der Waals surface area contributed by atoms with Crippen LogP contribution in [0.25, 0.3) is 0 Å². The summed E-state index contributed by atoms with van der Waals surface area (Å²) >= 11 is 0. The number of rotatable bonds is 6. The van der Waals surface area contributed by atoms with E-state index in [0.717, 1.165) is 16.7 Å². The van der Waals surface area contributed by atoms with E-state index in [0.29, 0.717) is 27.9 Å². The molecule has 176 valence electrons. The molecule has 0 spiro atoms. The maximum Gasteiger partial charge on any atom is 0.223 e. The Morgan fingerprint density at radius 2 is 1.59 bits per heavy atom. The van der Waals surface area contributed by atoms with Crippen molar-refractivity contribution in [3.8, 4) is 0 Å². The first-order chi connectivity index (χ1) is 16.2. The summed E-state index contributed by atoms with van der Waals surface area (Å²) < 4.78 is 25.8. The van der Waals surface area contributed by atoms with E-state index < -0.39 is 34.1 Å². The number of aliphatic hydroxyl groups excluding tert-OH is 1. The van der Waals surface area contributed by atoms with Gasteiger partial charge in [0.1, 0.15) is 18.8 Å². The normalized spacial score (nSPS) is 24.7. The second-order valence-corrected chi connectivity index (χ2v) is 11.2. The Bertz CT molecular complexity index is 1270. The second kappa shape index (κ2) is 8.45. The van der Waals surface area contributed by atoms with E-state index in [1.165, 1.54) is 0 Å². The van der Waals surface area contributed by atoms with Crippen LogP contribution in [0.15, 0.2) is 87.6 Å². The van der Waals surface area contributed by atoms with Crippen LogP contribution in [0.3, 0.4) is 0 Å². The summed E-state index contributed by atoms with van der Waals surface area (Å²) in [6, 6.07) is 22.9. The summed E-state index contributed by atoms with van der Waals surface area (Å²) in [7, 11) is -1.47. The van der Waals surface area contributed by atoms with Crippen molar-refractivity contribution in [1.29, 1.82) is 0 Å². The van der Waals surface area contributed by atoms with Gasteiger partial charge in [-0.1, -0.05) is 65.7 Å². The van der Waals surface area contributed by atoms with E-state index in [4.69, 9.17) is 14.5 Å². The minimum Gasteiger partial charge on any atom is -0.476 e. The van der Waals surface area contributed by atoms with E-state index in [9.17, 15) is 9.32 Å². The Balaban J connectivity index is 1.57. The van der Waals surface area contributed by atoms with Crippen LogP contribution >= 0.6 is 0 Å². The van der Waals surface area contributed by atoms with Crippen LogP contribution in [-0.2, 0) is 20.3 Å². The first kappa shape index (κ1) is 23.0. The maximum atomic E-state index is 13.5. The first-order valence-corrected chi connectivity index (χ1v) is 12.6. The van der Waals surface area contributed by atoms with E-state index >= 15 is 0 Å². The highest BCUT2D eigenvalue weighted by Gasteiger charge is 2.69. The van der Waals surface area contributed by atoms with Crippen LogP contribution in [0, 0.1) is 13.8 Å². The van der Waals surface area contributed by atoms with Gasteiger partial charge in [-0.05, 0) is 51.5 Å². The summed E-state index contributed by atoms with van der Waals surface area (Å²) in [6.07, 6.45) is -1.53. The number of aliphatic imine (C=N–C) groups is 1. The Morgan fingerprint density at radius 3 is 2.21 bits per heavy atom. The Hall–Kier alpha value is -2.80. The second-order valence-electron chi connectivity index (χ2n) is 9.74. The monoisotopic (exact) mass is 475 g/mol. The molecular formula is C28H29NO4S. The Kier molecular flexibility index (Phi) is 5.71. The van der Waals surface area contributed by atoms with Crippen LogP contribution < -0.4 is 0 Å². The number of hydrogen-bond donors (Lipinski definition) is 1. The number of aliphatic hydroxyl groups is 1. The van der Waals surface area contributed by atoms with E-state index in [1.54, 1.807) is 6.07 Å². The molecule has 0 radical (unpaired) electrons. The molecule has 0 saturated carbocycles. The van der Waals surface area contributed by atoms with Gasteiger partial charge in [0.05, 0.1) is 16.3 Å². The molecule has 1 N–H and O–H groups in total. The van der Waals surface area contributed by atoms with Crippen LogP contribution in [0.2, 0.25) is 0 Å². The van der Waals surface area contributed by atoms with Crippen molar-refractivity contribution in [2.24, 2.45) is 4.99 Å². The predicted octanol–water partition coefficient (Wildman–Crippen LogP) is 5.22. The summed E-state index contributed by atoms with van der Waals surface area (Å²) in [5.74, 6) is 0.395. The highest BCUT2D eigenvalue weighted by atomic mass is 32.2. The molecule has 2 aliphatic rings. The quantitative estimate of drug-likeness (QED) is 0.496. The lowest BCUT2D eigenvalue weighted by molar-refractivity contribution is 0.0937. The maximum absolute atomic E-state index is 13.5. The van der Waals surface area contributed by atoms with Crippen molar-refractivity contribution in [2.45, 2.75) is 60.8 Å². The van der Waals surface area contributed by atoms with Gasteiger partial charge in [0, 0.05) is 15.4 Å². The predicted molar refractivity (Wildman–Crippen MR) is 132 cm³/mol. The molecule has 6 heteroatoms. The number of hydrogen-bond acceptors (Lipinski definition) is 5. The van der Waals surface area contributed by atoms with Crippen molar-refractivity contribution >= 4 is 16.7 Å². The summed E-state index contributed by atoms with van der Waals surface area (Å²) in [6.45, 7) is 8.42. The van der Waals surface area contributed by atoms with Crippen molar-refractivity contribution in [3.05, 3.63) is 95.1 Å². The van der Waals surface area contributed by atoms with Crippen LogP contribution in [0.5, 0.6) is 0 Å². The van der Waals surface area contributed by atoms with Crippen LogP contribution in [-0.4, -0.2) is 33.0 Å². The molecule has 3 aromatic rings. The lowest BCUT2D eigenvalue weighted by atomic mass is 9.88. The number of aryl methyl sites for hydroxylation is 2. The molecule has 2 heterocycles. The van der Waals surface area contributed by atoms with E-state index in [2.05, 4.69) is 0 Å². The van der Waals surface area contributed by atoms with Gasteiger partial charge in [0.15, 0.2) is 0 Å². The number of ether oxygens (including phenoxy) is 2. The van der Waals surface area contributed by atoms with Crippen molar-refractivity contribution in [2.75, 3.05) is 6.61 Å². The van der Waals surface area contributed by atoms with Gasteiger partial charge in [-0.3, -0.25) is 0 Å². The molecule has 1 fully saturated rings. The lowest BCUT2D eigenvalue weighted by Crippen LogP contribution is -2.34. The SMILES string of the molecule is Cc1ccc([C@@H]2O[C@]2(C2=NC(C)(C)CO2)[C@@H](O)c2ccccc2S(=O)c2ccc(C)cc2)cc1. The fourth-order valence-electron chi connectivity index (χ4n) is 4.38. The van der Waals surface area contributed by atoms with E-state index in [-0.39, 0.29) is 0 Å². The zero-order valence-corrected chi connectivity index (χ0v) is 20.6. The smallest absolute Gasteiger partial charge is 0.223 e. The third-order valence-corrected chi connectivity index (χ3v) is 7.85. The van der Waals surface area contributed by atoms with Gasteiger partial charge in [0.2, 0.25) is 11.5 Å². The molecule has 1 saturated heterocycles.